The number of rotatable bonds is 8. The molecule has 1 amide bonds. The van der Waals surface area contributed by atoms with Gasteiger partial charge >= 0.3 is 0 Å². The molecule has 9 nitrogen and oxygen atoms in total. The van der Waals surface area contributed by atoms with Gasteiger partial charge in [0.05, 0.1) is 17.0 Å². The number of aromatic nitrogens is 2. The maximum Gasteiger partial charge on any atom is 0.270 e. The van der Waals surface area contributed by atoms with Crippen LogP contribution < -0.4 is 10.6 Å². The van der Waals surface area contributed by atoms with Crippen LogP contribution in [0.5, 0.6) is 0 Å². The van der Waals surface area contributed by atoms with Gasteiger partial charge in [0.25, 0.3) is 5.69 Å². The molecule has 0 spiro atoms. The van der Waals surface area contributed by atoms with Gasteiger partial charge in [-0.05, 0) is 43.4 Å². The number of carbonyl (C=O) groups excluding carboxylic acids is 1. The minimum absolute atomic E-state index is 0.0263. The number of non-ortho nitro benzene ring substituents is 1. The van der Waals surface area contributed by atoms with Crippen molar-refractivity contribution in [3.05, 3.63) is 58.9 Å². The zero-order chi connectivity index (χ0) is 20.8. The number of likely N-dealkylation sites (N-methyl/N-ethyl adjacent to an activating group) is 1. The molecule has 0 aliphatic carbocycles. The fourth-order valence-electron chi connectivity index (χ4n) is 2.88. The summed E-state index contributed by atoms with van der Waals surface area (Å²) in [5, 5.41) is 17.6. The third-order valence-electron chi connectivity index (χ3n) is 4.52. The number of nitrogens with one attached hydrogen (secondary N) is 2. The molecule has 0 unspecified atom stereocenters. The second-order valence-corrected chi connectivity index (χ2v) is 6.39. The van der Waals surface area contributed by atoms with Gasteiger partial charge in [-0.15, -0.1) is 0 Å². The van der Waals surface area contributed by atoms with Crippen LogP contribution in [0.4, 0.5) is 22.9 Å². The summed E-state index contributed by atoms with van der Waals surface area (Å²) in [6.45, 7) is 6.01. The molecule has 0 aliphatic rings. The number of nitro groups is 1. The Labute approximate surface area is 167 Å². The Hall–Kier alpha value is -3.59. The van der Waals surface area contributed by atoms with Crippen molar-refractivity contribution in [3.63, 3.8) is 0 Å². The van der Waals surface area contributed by atoms with Crippen molar-refractivity contribution in [2.24, 2.45) is 0 Å². The van der Waals surface area contributed by atoms with Gasteiger partial charge in [-0.3, -0.25) is 19.8 Å². The fourth-order valence-corrected chi connectivity index (χ4v) is 2.88. The lowest BCUT2D eigenvalue weighted by molar-refractivity contribution is -0.384. The van der Waals surface area contributed by atoms with Crippen LogP contribution in [0.1, 0.15) is 13.8 Å². The Morgan fingerprint density at radius 2 is 1.76 bits per heavy atom. The van der Waals surface area contributed by atoms with Gasteiger partial charge in [-0.25, -0.2) is 9.97 Å². The molecular weight excluding hydrogens is 372 g/mol. The van der Waals surface area contributed by atoms with Gasteiger partial charge in [0, 0.05) is 28.9 Å². The van der Waals surface area contributed by atoms with Crippen molar-refractivity contribution in [1.29, 1.82) is 0 Å². The van der Waals surface area contributed by atoms with E-state index >= 15 is 0 Å². The molecule has 150 valence electrons. The van der Waals surface area contributed by atoms with Gasteiger partial charge in [-0.1, -0.05) is 13.8 Å². The summed E-state index contributed by atoms with van der Waals surface area (Å²) in [4.78, 5) is 33.1. The van der Waals surface area contributed by atoms with Crippen LogP contribution in [-0.4, -0.2) is 45.3 Å². The number of nitrogens with zero attached hydrogens (tertiary/aromatic N) is 4. The highest BCUT2D eigenvalue weighted by Gasteiger charge is 2.11. The van der Waals surface area contributed by atoms with Crippen molar-refractivity contribution < 1.29 is 9.72 Å². The average Bonchev–Trinajstić information content (AvgIpc) is 2.73. The monoisotopic (exact) mass is 394 g/mol. The zero-order valence-electron chi connectivity index (χ0n) is 16.3. The average molecular weight is 394 g/mol. The van der Waals surface area contributed by atoms with Crippen LogP contribution in [0.15, 0.2) is 48.8 Å². The van der Waals surface area contributed by atoms with Gasteiger partial charge in [0.2, 0.25) is 5.91 Å². The molecule has 2 N–H and O–H groups in total. The van der Waals surface area contributed by atoms with Crippen LogP contribution in [0.3, 0.4) is 0 Å². The van der Waals surface area contributed by atoms with Crippen LogP contribution in [-0.2, 0) is 4.79 Å². The Morgan fingerprint density at radius 3 is 2.41 bits per heavy atom. The van der Waals surface area contributed by atoms with E-state index in [-0.39, 0.29) is 11.6 Å². The van der Waals surface area contributed by atoms with Crippen LogP contribution in [0.2, 0.25) is 0 Å². The smallest absolute Gasteiger partial charge is 0.270 e. The highest BCUT2D eigenvalue weighted by Crippen LogP contribution is 2.27. The van der Waals surface area contributed by atoms with E-state index in [0.29, 0.717) is 29.0 Å². The molecular formula is C20H22N6O3. The predicted octanol–water partition coefficient (Wildman–Crippen LogP) is 3.56. The fraction of sp³-hybridized carbons (Fsp3) is 0.250. The van der Waals surface area contributed by atoms with E-state index in [2.05, 4.69) is 20.6 Å². The van der Waals surface area contributed by atoms with Crippen molar-refractivity contribution in [2.75, 3.05) is 30.3 Å². The van der Waals surface area contributed by atoms with Crippen LogP contribution in [0.25, 0.3) is 10.9 Å². The molecule has 1 aromatic heterocycles. The van der Waals surface area contributed by atoms with Gasteiger partial charge in [0.1, 0.15) is 12.1 Å². The maximum absolute atomic E-state index is 12.1. The normalized spacial score (nSPS) is 10.9. The molecule has 0 saturated heterocycles. The largest absolute Gasteiger partial charge is 0.340 e. The SMILES string of the molecule is CCN(CC)CC(=O)Nc1ccc(Nc2ncnc3ccc([N+](=O)[O-])cc23)cc1. The summed E-state index contributed by atoms with van der Waals surface area (Å²) in [5.41, 5.74) is 2.00. The molecule has 29 heavy (non-hydrogen) atoms. The minimum atomic E-state index is -0.452. The first kappa shape index (κ1) is 20.2. The summed E-state index contributed by atoms with van der Waals surface area (Å²) in [7, 11) is 0. The molecule has 9 heteroatoms. The number of benzene rings is 2. The number of fused-ring (bicyclic) bond motifs is 1. The van der Waals surface area contributed by atoms with Crippen LogP contribution >= 0.6 is 0 Å². The Morgan fingerprint density at radius 1 is 1.07 bits per heavy atom. The molecule has 3 rings (SSSR count). The van der Waals surface area contributed by atoms with Crippen molar-refractivity contribution >= 4 is 39.7 Å². The number of anilines is 3. The molecule has 1 heterocycles. The summed E-state index contributed by atoms with van der Waals surface area (Å²) in [6.07, 6.45) is 1.40. The van der Waals surface area contributed by atoms with E-state index in [1.165, 1.54) is 18.5 Å². The second kappa shape index (κ2) is 9.07. The first-order chi connectivity index (χ1) is 14.0. The van der Waals surface area contributed by atoms with Crippen molar-refractivity contribution in [2.45, 2.75) is 13.8 Å². The Balaban J connectivity index is 1.74. The molecule has 2 aromatic carbocycles. The lowest BCUT2D eigenvalue weighted by Gasteiger charge is -2.17. The number of carbonyl (C=O) groups is 1. The summed E-state index contributed by atoms with van der Waals surface area (Å²) in [6, 6.07) is 11.6. The first-order valence-corrected chi connectivity index (χ1v) is 9.28. The molecule has 0 bridgehead atoms. The van der Waals surface area contributed by atoms with Gasteiger partial charge < -0.3 is 10.6 Å². The van der Waals surface area contributed by atoms with Crippen LogP contribution in [0, 0.1) is 10.1 Å². The third kappa shape index (κ3) is 5.02. The summed E-state index contributed by atoms with van der Waals surface area (Å²) < 4.78 is 0. The van der Waals surface area contributed by atoms with Gasteiger partial charge in [-0.2, -0.15) is 0 Å². The van der Waals surface area contributed by atoms with E-state index in [4.69, 9.17) is 0 Å². The van der Waals surface area contributed by atoms with E-state index in [9.17, 15) is 14.9 Å². The Kier molecular flexibility index (Phi) is 6.30. The van der Waals surface area contributed by atoms with E-state index in [0.717, 1.165) is 18.8 Å². The molecule has 0 radical (unpaired) electrons. The predicted molar refractivity (Wildman–Crippen MR) is 112 cm³/mol. The second-order valence-electron chi connectivity index (χ2n) is 6.39. The molecule has 0 fully saturated rings. The van der Waals surface area contributed by atoms with E-state index in [1.807, 2.05) is 18.7 Å². The lowest BCUT2D eigenvalue weighted by atomic mass is 10.2. The van der Waals surface area contributed by atoms with Crippen molar-refractivity contribution in [1.82, 2.24) is 14.9 Å². The van der Waals surface area contributed by atoms with Crippen molar-refractivity contribution in [3.8, 4) is 0 Å². The first-order valence-electron chi connectivity index (χ1n) is 9.28. The highest BCUT2D eigenvalue weighted by atomic mass is 16.6. The quantitative estimate of drug-likeness (QED) is 0.443. The molecule has 0 aliphatic heterocycles. The number of hydrogen-bond acceptors (Lipinski definition) is 7. The van der Waals surface area contributed by atoms with E-state index in [1.54, 1.807) is 30.3 Å². The highest BCUT2D eigenvalue weighted by molar-refractivity contribution is 5.93. The zero-order valence-corrected chi connectivity index (χ0v) is 16.3. The molecule has 0 saturated carbocycles. The lowest BCUT2D eigenvalue weighted by Crippen LogP contribution is -2.32. The van der Waals surface area contributed by atoms with Gasteiger partial charge in [0.15, 0.2) is 0 Å². The molecule has 0 atom stereocenters. The summed E-state index contributed by atoms with van der Waals surface area (Å²) in [5.74, 6) is 0.403. The third-order valence-corrected chi connectivity index (χ3v) is 4.52. The standard InChI is InChI=1S/C20H22N6O3/c1-3-25(4-2)12-19(27)23-14-5-7-15(8-6-14)24-20-17-11-16(26(28)29)9-10-18(17)21-13-22-20/h5-11,13H,3-4,12H2,1-2H3,(H,23,27)(H,21,22,24). The topological polar surface area (TPSA) is 113 Å². The maximum atomic E-state index is 12.1. The van der Waals surface area contributed by atoms with E-state index < -0.39 is 4.92 Å². The Bertz CT molecular complexity index is 1020. The summed E-state index contributed by atoms with van der Waals surface area (Å²) >= 11 is 0. The number of hydrogen-bond donors (Lipinski definition) is 2. The molecule has 3 aromatic rings. The number of nitro benzene ring substituents is 1. The minimum Gasteiger partial charge on any atom is -0.340 e. The number of amides is 1.